The molecule has 0 spiro atoms. The monoisotopic (exact) mass is 451 g/mol. The minimum absolute atomic E-state index is 0.0584. The molecule has 9 heteroatoms. The van der Waals surface area contributed by atoms with Crippen LogP contribution >= 0.6 is 0 Å². The Labute approximate surface area is 183 Å². The van der Waals surface area contributed by atoms with E-state index in [2.05, 4.69) is 0 Å². The molecule has 1 amide bonds. The molecule has 0 radical (unpaired) electrons. The number of nitrogens with zero attached hydrogens (tertiary/aromatic N) is 1. The summed E-state index contributed by atoms with van der Waals surface area (Å²) in [5.41, 5.74) is 0.706. The Morgan fingerprint density at radius 3 is 2.62 bits per heavy atom. The van der Waals surface area contributed by atoms with Gasteiger partial charge in [0.05, 0.1) is 13.7 Å². The van der Waals surface area contributed by atoms with Crippen LogP contribution < -0.4 is 9.47 Å². The van der Waals surface area contributed by atoms with Crippen molar-refractivity contribution in [2.24, 2.45) is 0 Å². The molecule has 0 bridgehead atoms. The molecule has 3 atom stereocenters. The van der Waals surface area contributed by atoms with Gasteiger partial charge in [-0.3, -0.25) is 4.79 Å². The summed E-state index contributed by atoms with van der Waals surface area (Å²) in [5.74, 6) is -0.290. The molecule has 2 heterocycles. The van der Waals surface area contributed by atoms with E-state index >= 15 is 0 Å². The van der Waals surface area contributed by atoms with Gasteiger partial charge in [0, 0.05) is 18.5 Å². The lowest BCUT2D eigenvalue weighted by Gasteiger charge is -2.42. The molecule has 2 aliphatic rings. The van der Waals surface area contributed by atoms with Gasteiger partial charge in [-0.2, -0.15) is 13.2 Å². The third kappa shape index (κ3) is 4.14. The molecular weight excluding hydrogens is 427 g/mol. The van der Waals surface area contributed by atoms with Crippen molar-refractivity contribution in [1.82, 2.24) is 4.90 Å². The van der Waals surface area contributed by atoms with Crippen LogP contribution in [0.15, 0.2) is 48.5 Å². The van der Waals surface area contributed by atoms with E-state index < -0.39 is 17.9 Å². The molecule has 4 rings (SSSR count). The van der Waals surface area contributed by atoms with Crippen LogP contribution in [-0.2, 0) is 15.1 Å². The number of rotatable bonds is 5. The van der Waals surface area contributed by atoms with Crippen molar-refractivity contribution in [2.75, 3.05) is 27.0 Å². The van der Waals surface area contributed by atoms with Crippen LogP contribution in [0.5, 0.6) is 11.5 Å². The normalized spacial score (nSPS) is 24.0. The number of amides is 1. The lowest BCUT2D eigenvalue weighted by Crippen LogP contribution is -2.53. The summed E-state index contributed by atoms with van der Waals surface area (Å²) in [6.45, 7) is 1.84. The van der Waals surface area contributed by atoms with Crippen LogP contribution in [0.1, 0.15) is 29.3 Å². The van der Waals surface area contributed by atoms with Gasteiger partial charge in [-0.15, -0.1) is 0 Å². The Morgan fingerprint density at radius 1 is 1.19 bits per heavy atom. The highest BCUT2D eigenvalue weighted by Crippen LogP contribution is 2.43. The number of halogens is 3. The Hall–Kier alpha value is -2.78. The third-order valence-corrected chi connectivity index (χ3v) is 5.97. The number of piperidine rings is 1. The summed E-state index contributed by atoms with van der Waals surface area (Å²) in [6.07, 6.45) is -6.28. The van der Waals surface area contributed by atoms with Crippen LogP contribution in [0.2, 0.25) is 0 Å². The van der Waals surface area contributed by atoms with Crippen molar-refractivity contribution >= 4 is 5.91 Å². The number of alkyl halides is 3. The van der Waals surface area contributed by atoms with E-state index in [1.165, 1.54) is 25.3 Å². The van der Waals surface area contributed by atoms with Gasteiger partial charge in [-0.05, 0) is 30.7 Å². The Kier molecular flexibility index (Phi) is 6.05. The average molecular weight is 451 g/mol. The Bertz CT molecular complexity index is 968. The second kappa shape index (κ2) is 8.63. The van der Waals surface area contributed by atoms with Gasteiger partial charge in [-0.1, -0.05) is 30.3 Å². The fraction of sp³-hybridized carbons (Fsp3) is 0.435. The van der Waals surface area contributed by atoms with E-state index in [4.69, 9.17) is 18.9 Å². The summed E-state index contributed by atoms with van der Waals surface area (Å²) in [5, 5.41) is 0. The number of methoxy groups -OCH3 is 1. The van der Waals surface area contributed by atoms with E-state index in [1.807, 2.05) is 30.3 Å². The highest BCUT2D eigenvalue weighted by Gasteiger charge is 2.51. The van der Waals surface area contributed by atoms with Gasteiger partial charge in [0.2, 0.25) is 0 Å². The van der Waals surface area contributed by atoms with Crippen LogP contribution in [-0.4, -0.2) is 56.2 Å². The first-order chi connectivity index (χ1) is 15.2. The first-order valence-electron chi connectivity index (χ1n) is 10.3. The van der Waals surface area contributed by atoms with Gasteiger partial charge in [0.1, 0.15) is 18.5 Å². The maximum absolute atomic E-state index is 13.1. The predicted octanol–water partition coefficient (Wildman–Crippen LogP) is 4.14. The molecule has 0 aliphatic carbocycles. The van der Waals surface area contributed by atoms with Crippen molar-refractivity contribution in [3.63, 3.8) is 0 Å². The SMILES string of the molecule is COc1cc(C(=O)N2CC[C@]3(c4ccccc4)OCOC3C2)ccc1OC(C)C(F)(F)F. The van der Waals surface area contributed by atoms with Gasteiger partial charge in [0.25, 0.3) is 5.91 Å². The first kappa shape index (κ1) is 22.4. The zero-order valence-electron chi connectivity index (χ0n) is 17.7. The van der Waals surface area contributed by atoms with Crippen LogP contribution in [0.4, 0.5) is 13.2 Å². The standard InChI is InChI=1S/C23H24F3NO5/c1-15(23(24,25)26)32-18-9-8-16(12-19(18)29-2)21(28)27-11-10-22(17-6-4-3-5-7-17)20(13-27)30-14-31-22/h3-9,12,15,20H,10-11,13-14H2,1-2H3/t15?,20?,22-/m1/s1. The number of fused-ring (bicyclic) bond motifs is 1. The molecule has 2 fully saturated rings. The van der Waals surface area contributed by atoms with E-state index in [0.29, 0.717) is 25.1 Å². The van der Waals surface area contributed by atoms with E-state index in [9.17, 15) is 18.0 Å². The predicted molar refractivity (Wildman–Crippen MR) is 109 cm³/mol. The van der Waals surface area contributed by atoms with Crippen molar-refractivity contribution in [3.05, 3.63) is 59.7 Å². The maximum Gasteiger partial charge on any atom is 0.425 e. The van der Waals surface area contributed by atoms with Gasteiger partial charge in [-0.25, -0.2) is 0 Å². The molecule has 2 saturated heterocycles. The fourth-order valence-corrected chi connectivity index (χ4v) is 4.13. The van der Waals surface area contributed by atoms with Gasteiger partial charge in [0.15, 0.2) is 17.6 Å². The second-order valence-electron chi connectivity index (χ2n) is 7.84. The quantitative estimate of drug-likeness (QED) is 0.684. The number of hydrogen-bond acceptors (Lipinski definition) is 5. The number of likely N-dealkylation sites (tertiary alicyclic amines) is 1. The topological polar surface area (TPSA) is 57.2 Å². The van der Waals surface area contributed by atoms with Crippen molar-refractivity contribution in [2.45, 2.75) is 37.3 Å². The number of hydrogen-bond donors (Lipinski definition) is 0. The van der Waals surface area contributed by atoms with Crippen molar-refractivity contribution in [1.29, 1.82) is 0 Å². The molecule has 6 nitrogen and oxygen atoms in total. The number of carbonyl (C=O) groups excluding carboxylic acids is 1. The Balaban J connectivity index is 1.51. The van der Waals surface area contributed by atoms with Crippen molar-refractivity contribution < 1.29 is 36.9 Å². The maximum atomic E-state index is 13.1. The molecule has 172 valence electrons. The third-order valence-electron chi connectivity index (χ3n) is 5.97. The van der Waals surface area contributed by atoms with Gasteiger partial charge < -0.3 is 23.8 Å². The average Bonchev–Trinajstić information content (AvgIpc) is 3.23. The molecule has 0 N–H and O–H groups in total. The van der Waals surface area contributed by atoms with E-state index in [1.54, 1.807) is 4.90 Å². The van der Waals surface area contributed by atoms with Crippen LogP contribution in [0, 0.1) is 0 Å². The van der Waals surface area contributed by atoms with E-state index in [-0.39, 0.29) is 30.3 Å². The van der Waals surface area contributed by atoms with Gasteiger partial charge >= 0.3 is 6.18 Å². The second-order valence-corrected chi connectivity index (χ2v) is 7.84. The summed E-state index contributed by atoms with van der Waals surface area (Å²) in [7, 11) is 1.31. The molecule has 0 aromatic heterocycles. The number of benzene rings is 2. The number of ether oxygens (including phenoxy) is 4. The van der Waals surface area contributed by atoms with Crippen LogP contribution in [0.3, 0.4) is 0 Å². The molecule has 2 aliphatic heterocycles. The summed E-state index contributed by atoms with van der Waals surface area (Å²) >= 11 is 0. The highest BCUT2D eigenvalue weighted by atomic mass is 19.4. The smallest absolute Gasteiger partial charge is 0.425 e. The summed E-state index contributed by atoms with van der Waals surface area (Å²) < 4.78 is 60.5. The molecule has 2 aromatic rings. The molecule has 2 unspecified atom stereocenters. The molecule has 32 heavy (non-hydrogen) atoms. The molecule has 0 saturated carbocycles. The first-order valence-corrected chi connectivity index (χ1v) is 10.3. The van der Waals surface area contributed by atoms with E-state index in [0.717, 1.165) is 12.5 Å². The van der Waals surface area contributed by atoms with Crippen LogP contribution in [0.25, 0.3) is 0 Å². The number of carbonyl (C=O) groups is 1. The fourth-order valence-electron chi connectivity index (χ4n) is 4.13. The van der Waals surface area contributed by atoms with Crippen molar-refractivity contribution in [3.8, 4) is 11.5 Å². The zero-order valence-corrected chi connectivity index (χ0v) is 17.7. The Morgan fingerprint density at radius 2 is 1.94 bits per heavy atom. The summed E-state index contributed by atoms with van der Waals surface area (Å²) in [4.78, 5) is 14.8. The zero-order chi connectivity index (χ0) is 22.9. The largest absolute Gasteiger partial charge is 0.493 e. The molecular formula is C23H24F3NO5. The minimum atomic E-state index is -4.51. The summed E-state index contributed by atoms with van der Waals surface area (Å²) in [6, 6.07) is 13.9. The lowest BCUT2D eigenvalue weighted by atomic mass is 9.82. The highest BCUT2D eigenvalue weighted by molar-refractivity contribution is 5.95. The minimum Gasteiger partial charge on any atom is -0.493 e. The molecule has 2 aromatic carbocycles. The lowest BCUT2D eigenvalue weighted by molar-refractivity contribution is -0.189.